The fourth-order valence-electron chi connectivity index (χ4n) is 2.20. The molecule has 0 aromatic carbocycles. The minimum atomic E-state index is -1.08. The fraction of sp³-hybridized carbons (Fsp3) is 0.833. The van der Waals surface area contributed by atoms with Gasteiger partial charge in [0.25, 0.3) is 0 Å². The predicted octanol–water partition coefficient (Wildman–Crippen LogP) is 3.10. The van der Waals surface area contributed by atoms with Gasteiger partial charge in [0.05, 0.1) is 0 Å². The van der Waals surface area contributed by atoms with Crippen LogP contribution in [-0.4, -0.2) is 46.6 Å². The van der Waals surface area contributed by atoms with E-state index in [-0.39, 0.29) is 17.9 Å². The lowest BCUT2D eigenvalue weighted by atomic mass is 10.1. The van der Waals surface area contributed by atoms with Crippen LogP contribution in [0.25, 0.3) is 0 Å². The summed E-state index contributed by atoms with van der Waals surface area (Å²) in [6, 6.07) is -1.88. The lowest BCUT2D eigenvalue weighted by Gasteiger charge is -2.10. The Morgan fingerprint density at radius 2 is 1.33 bits per heavy atom. The Hall–Kier alpha value is -0.770. The van der Waals surface area contributed by atoms with E-state index >= 15 is 0 Å². The van der Waals surface area contributed by atoms with E-state index in [1.165, 1.54) is 60.1 Å². The highest BCUT2D eigenvalue weighted by atomic mass is 33.1. The second-order valence-electron chi connectivity index (χ2n) is 6.49. The summed E-state index contributed by atoms with van der Waals surface area (Å²) in [7, 11) is 2.45. The second kappa shape index (κ2) is 17.3. The van der Waals surface area contributed by atoms with Gasteiger partial charge in [0.2, 0.25) is 0 Å². The van der Waals surface area contributed by atoms with Crippen molar-refractivity contribution in [2.45, 2.75) is 83.2 Å². The molecule has 0 aliphatic carbocycles. The number of hydrogen-bond acceptors (Lipinski definition) is 8. The molecule has 0 rings (SSSR count). The number of carboxylic acids is 1. The van der Waals surface area contributed by atoms with Gasteiger partial charge >= 0.3 is 17.9 Å². The first-order chi connectivity index (χ1) is 12.9. The van der Waals surface area contributed by atoms with Crippen molar-refractivity contribution in [3.05, 3.63) is 0 Å². The summed E-state index contributed by atoms with van der Waals surface area (Å²) in [6.07, 6.45) is 10.6. The van der Waals surface area contributed by atoms with Crippen LogP contribution in [0.15, 0.2) is 0 Å². The Morgan fingerprint density at radius 3 is 1.85 bits per heavy atom. The summed E-state index contributed by atoms with van der Waals surface area (Å²) in [5.74, 6) is -1.93. The number of nitrogens with two attached hydrogens (primary N) is 2. The molecule has 0 aliphatic heterocycles. The van der Waals surface area contributed by atoms with Crippen molar-refractivity contribution >= 4 is 39.5 Å². The lowest BCUT2D eigenvalue weighted by molar-refractivity contribution is -0.160. The average Bonchev–Trinajstić information content (AvgIpc) is 2.63. The molecule has 0 bridgehead atoms. The normalized spacial score (nSPS) is 13.1. The van der Waals surface area contributed by atoms with E-state index < -0.39 is 30.0 Å². The zero-order valence-electron chi connectivity index (χ0n) is 16.2. The Kier molecular flexibility index (Phi) is 16.8. The molecule has 2 atom stereocenters. The van der Waals surface area contributed by atoms with Crippen LogP contribution in [0.1, 0.15) is 71.1 Å². The van der Waals surface area contributed by atoms with Crippen LogP contribution in [0.2, 0.25) is 0 Å². The first-order valence-corrected chi connectivity index (χ1v) is 12.1. The third-order valence-electron chi connectivity index (χ3n) is 3.90. The monoisotopic (exact) mass is 422 g/mol. The molecular formula is C18H34N2O5S2. The number of carbonyl (C=O) groups excluding carboxylic acids is 2. The van der Waals surface area contributed by atoms with Crippen molar-refractivity contribution in [1.82, 2.24) is 0 Å². The molecule has 27 heavy (non-hydrogen) atoms. The van der Waals surface area contributed by atoms with Crippen LogP contribution in [0.4, 0.5) is 0 Å². The van der Waals surface area contributed by atoms with E-state index in [0.29, 0.717) is 6.42 Å². The molecule has 158 valence electrons. The van der Waals surface area contributed by atoms with Gasteiger partial charge in [-0.2, -0.15) is 0 Å². The van der Waals surface area contributed by atoms with Crippen LogP contribution in [0.5, 0.6) is 0 Å². The van der Waals surface area contributed by atoms with Crippen LogP contribution < -0.4 is 11.5 Å². The molecule has 0 heterocycles. The molecule has 0 aromatic heterocycles. The predicted molar refractivity (Wildman–Crippen MR) is 111 cm³/mol. The minimum absolute atomic E-state index is 0.208. The first kappa shape index (κ1) is 26.2. The van der Waals surface area contributed by atoms with E-state index in [9.17, 15) is 14.4 Å². The summed E-state index contributed by atoms with van der Waals surface area (Å²) in [5, 5.41) is 8.66. The number of esters is 2. The Balaban J connectivity index is 3.64. The maximum absolute atomic E-state index is 11.7. The Bertz CT molecular complexity index is 438. The molecule has 0 aliphatic rings. The fourth-order valence-corrected chi connectivity index (χ4v) is 4.42. The molecule has 0 unspecified atom stereocenters. The van der Waals surface area contributed by atoms with Crippen LogP contribution in [0.3, 0.4) is 0 Å². The zero-order chi connectivity index (χ0) is 20.5. The molecule has 0 fully saturated rings. The van der Waals surface area contributed by atoms with Gasteiger partial charge in [0, 0.05) is 17.9 Å². The van der Waals surface area contributed by atoms with Crippen LogP contribution in [0, 0.1) is 0 Å². The van der Waals surface area contributed by atoms with Gasteiger partial charge in [0.1, 0.15) is 12.1 Å². The van der Waals surface area contributed by atoms with Crippen molar-refractivity contribution < 1.29 is 24.2 Å². The van der Waals surface area contributed by atoms with E-state index in [0.717, 1.165) is 12.8 Å². The summed E-state index contributed by atoms with van der Waals surface area (Å²) < 4.78 is 4.76. The quantitative estimate of drug-likeness (QED) is 0.140. The molecule has 0 spiro atoms. The third kappa shape index (κ3) is 15.9. The summed E-state index contributed by atoms with van der Waals surface area (Å²) in [6.45, 7) is 2.20. The average molecular weight is 423 g/mol. The molecule has 0 radical (unpaired) electrons. The van der Waals surface area contributed by atoms with Gasteiger partial charge in [-0.1, -0.05) is 79.9 Å². The van der Waals surface area contributed by atoms with Crippen molar-refractivity contribution in [3.63, 3.8) is 0 Å². The van der Waals surface area contributed by atoms with E-state index in [2.05, 4.69) is 6.92 Å². The molecule has 0 saturated heterocycles. The number of carboxylic acid groups (broad SMARTS) is 1. The zero-order valence-corrected chi connectivity index (χ0v) is 17.8. The smallest absolute Gasteiger partial charge is 0.331 e. The van der Waals surface area contributed by atoms with Crippen molar-refractivity contribution in [2.75, 3.05) is 11.5 Å². The van der Waals surface area contributed by atoms with Gasteiger partial charge in [0.15, 0.2) is 0 Å². The van der Waals surface area contributed by atoms with Crippen molar-refractivity contribution in [1.29, 1.82) is 0 Å². The number of unbranched alkanes of at least 4 members (excludes halogenated alkanes) is 8. The van der Waals surface area contributed by atoms with Crippen molar-refractivity contribution in [3.8, 4) is 0 Å². The second-order valence-corrected chi connectivity index (χ2v) is 9.04. The molecule has 5 N–H and O–H groups in total. The van der Waals surface area contributed by atoms with Gasteiger partial charge in [-0.05, 0) is 6.42 Å². The number of aliphatic carboxylic acids is 1. The maximum atomic E-state index is 11.7. The maximum Gasteiger partial charge on any atom is 0.331 e. The highest BCUT2D eigenvalue weighted by molar-refractivity contribution is 8.76. The Labute approximate surface area is 170 Å². The van der Waals surface area contributed by atoms with E-state index in [1.807, 2.05) is 0 Å². The molecule has 7 nitrogen and oxygen atoms in total. The number of hydrogen-bond donors (Lipinski definition) is 3. The van der Waals surface area contributed by atoms with Gasteiger partial charge in [-0.3, -0.25) is 9.59 Å². The largest absolute Gasteiger partial charge is 0.480 e. The first-order valence-electron chi connectivity index (χ1n) is 9.61. The lowest BCUT2D eigenvalue weighted by Crippen LogP contribution is -2.36. The van der Waals surface area contributed by atoms with Crippen LogP contribution in [-0.2, 0) is 19.1 Å². The number of rotatable bonds is 17. The topological polar surface area (TPSA) is 133 Å². The van der Waals surface area contributed by atoms with E-state index in [1.54, 1.807) is 0 Å². The molecule has 0 aromatic rings. The molecule has 0 amide bonds. The molecular weight excluding hydrogens is 388 g/mol. The standard InChI is InChI=1S/C18H34N2O5S2/c1-2-3-4-5-6-7-8-9-10-11-16(21)25-18(24)15(20)13-27-26-12-14(19)17(22)23/h14-15H,2-13,19-20H2,1H3,(H,22,23)/t14-,15-/m0/s1. The third-order valence-corrected chi connectivity index (χ3v) is 6.37. The van der Waals surface area contributed by atoms with Gasteiger partial charge in [-0.15, -0.1) is 0 Å². The van der Waals surface area contributed by atoms with Crippen LogP contribution >= 0.6 is 21.6 Å². The summed E-state index contributed by atoms with van der Waals surface area (Å²) >= 11 is 0. The minimum Gasteiger partial charge on any atom is -0.480 e. The van der Waals surface area contributed by atoms with Gasteiger partial charge < -0.3 is 21.3 Å². The number of ether oxygens (including phenoxy) is 1. The highest BCUT2D eigenvalue weighted by Gasteiger charge is 2.19. The Morgan fingerprint density at radius 1 is 0.852 bits per heavy atom. The summed E-state index contributed by atoms with van der Waals surface area (Å²) in [5.41, 5.74) is 11.0. The van der Waals surface area contributed by atoms with Gasteiger partial charge in [-0.25, -0.2) is 4.79 Å². The summed E-state index contributed by atoms with van der Waals surface area (Å²) in [4.78, 5) is 34.0. The van der Waals surface area contributed by atoms with E-state index in [4.69, 9.17) is 21.3 Å². The highest BCUT2D eigenvalue weighted by Crippen LogP contribution is 2.22. The molecule has 0 saturated carbocycles. The SMILES string of the molecule is CCCCCCCCCCCC(=O)OC(=O)[C@@H](N)CSSC[C@H](N)C(=O)O. The molecule has 9 heteroatoms. The van der Waals surface area contributed by atoms with Crippen molar-refractivity contribution in [2.24, 2.45) is 11.5 Å². The number of carbonyl (C=O) groups is 3.